The monoisotopic (exact) mass is 196 g/mol. The van der Waals surface area contributed by atoms with E-state index in [1.54, 1.807) is 10.6 Å². The Balaban J connectivity index is 2.03. The molecule has 2 aliphatic carbocycles. The first-order valence-corrected chi connectivity index (χ1v) is 9.09. The van der Waals surface area contributed by atoms with Gasteiger partial charge in [-0.15, -0.1) is 0 Å². The molecule has 0 N–H and O–H groups in total. The fraction of sp³-hybridized carbons (Fsp3) is 1.00. The molecule has 0 bridgehead atoms. The molecule has 0 atom stereocenters. The maximum atomic E-state index is 5.96. The topological polar surface area (TPSA) is 0 Å². The van der Waals surface area contributed by atoms with E-state index in [2.05, 4.69) is 6.66 Å². The summed E-state index contributed by atoms with van der Waals surface area (Å²) in [6, 6.07) is 0. The van der Waals surface area contributed by atoms with Crippen LogP contribution in [0.5, 0.6) is 0 Å². The predicted molar refractivity (Wildman–Crippen MR) is 53.7 cm³/mol. The van der Waals surface area contributed by atoms with Crippen molar-refractivity contribution in [1.29, 1.82) is 0 Å². The van der Waals surface area contributed by atoms with Crippen LogP contribution in [0.15, 0.2) is 0 Å². The van der Waals surface area contributed by atoms with E-state index in [0.717, 1.165) is 11.3 Å². The molecule has 0 spiro atoms. The van der Waals surface area contributed by atoms with Crippen LogP contribution >= 0.6 is 27.7 Å². The van der Waals surface area contributed by atoms with E-state index < -0.39 is 6.46 Å². The van der Waals surface area contributed by atoms with Gasteiger partial charge in [0.05, 0.1) is 0 Å². The molecule has 0 nitrogen and oxygen atoms in total. The molecule has 0 aromatic carbocycles. The molecule has 0 aromatic rings. The first kappa shape index (κ1) is 7.71. The third-order valence-corrected chi connectivity index (χ3v) is 13.7. The second kappa shape index (κ2) is 2.54. The van der Waals surface area contributed by atoms with Crippen molar-refractivity contribution in [2.45, 2.75) is 37.0 Å². The third-order valence-electron chi connectivity index (χ3n) is 2.94. The molecular formula is C7H14ClPS. The summed E-state index contributed by atoms with van der Waals surface area (Å²) in [5, 5.41) is 0. The zero-order valence-electron chi connectivity index (χ0n) is 6.27. The average molecular weight is 197 g/mol. The first-order chi connectivity index (χ1) is 4.77. The summed E-state index contributed by atoms with van der Waals surface area (Å²) >= 11 is 0. The van der Waals surface area contributed by atoms with Gasteiger partial charge in [0.25, 0.3) is 0 Å². The number of hydrogen-bond donors (Lipinski definition) is 0. The van der Waals surface area contributed by atoms with E-state index in [4.69, 9.17) is 10.7 Å². The summed E-state index contributed by atoms with van der Waals surface area (Å²) in [5.41, 5.74) is 2.17. The van der Waals surface area contributed by atoms with Gasteiger partial charge in [0.2, 0.25) is 0 Å². The van der Waals surface area contributed by atoms with Crippen molar-refractivity contribution >= 4 is 27.7 Å². The molecule has 0 unspecified atom stereocenters. The molecule has 0 radical (unpaired) electrons. The van der Waals surface area contributed by atoms with Gasteiger partial charge >= 0.3 is 71.4 Å². The standard InChI is InChI=1S/C7H14ClPS/c1-9(10-8,6-2-3-6)7-4-5-7/h6-7,9H,2-5H2,1H3. The third kappa shape index (κ3) is 1.21. The van der Waals surface area contributed by atoms with Gasteiger partial charge in [-0.25, -0.2) is 0 Å². The maximum absolute atomic E-state index is 5.96. The summed E-state index contributed by atoms with van der Waals surface area (Å²) in [7, 11) is 7.68. The Morgan fingerprint density at radius 2 is 1.60 bits per heavy atom. The van der Waals surface area contributed by atoms with Crippen LogP contribution < -0.4 is 0 Å². The van der Waals surface area contributed by atoms with Gasteiger partial charge in [-0.3, -0.25) is 0 Å². The molecule has 2 saturated carbocycles. The molecule has 10 heavy (non-hydrogen) atoms. The molecule has 2 fully saturated rings. The van der Waals surface area contributed by atoms with Gasteiger partial charge in [-0.1, -0.05) is 0 Å². The van der Waals surface area contributed by atoms with Gasteiger partial charge in [0.15, 0.2) is 0 Å². The van der Waals surface area contributed by atoms with E-state index in [-0.39, 0.29) is 0 Å². The fourth-order valence-corrected chi connectivity index (χ4v) is 9.76. The molecule has 0 aliphatic heterocycles. The molecule has 2 aliphatic rings. The Labute approximate surface area is 71.7 Å². The van der Waals surface area contributed by atoms with Gasteiger partial charge < -0.3 is 0 Å². The van der Waals surface area contributed by atoms with Crippen LogP contribution in [0.1, 0.15) is 25.7 Å². The first-order valence-electron chi connectivity index (χ1n) is 4.07. The minimum atomic E-state index is -0.974. The normalized spacial score (nSPS) is 28.6. The van der Waals surface area contributed by atoms with E-state index in [1.807, 2.05) is 0 Å². The number of halogens is 1. The average Bonchev–Trinajstić information content (AvgIpc) is 2.73. The van der Waals surface area contributed by atoms with Crippen molar-refractivity contribution in [2.24, 2.45) is 0 Å². The quantitative estimate of drug-likeness (QED) is 0.623. The molecule has 0 amide bonds. The predicted octanol–water partition coefficient (Wildman–Crippen LogP) is 3.49. The van der Waals surface area contributed by atoms with Gasteiger partial charge in [-0.2, -0.15) is 0 Å². The van der Waals surface area contributed by atoms with Crippen LogP contribution in [0.25, 0.3) is 0 Å². The van der Waals surface area contributed by atoms with Crippen molar-refractivity contribution in [2.75, 3.05) is 6.66 Å². The number of rotatable bonds is 3. The molecular weight excluding hydrogens is 183 g/mol. The van der Waals surface area contributed by atoms with E-state index >= 15 is 0 Å². The zero-order chi connectivity index (χ0) is 7.19. The second-order valence-electron chi connectivity index (χ2n) is 3.81. The molecule has 2 rings (SSSR count). The second-order valence-corrected chi connectivity index (χ2v) is 12.5. The Bertz CT molecular complexity index is 131. The van der Waals surface area contributed by atoms with Gasteiger partial charge in [-0.05, 0) is 0 Å². The zero-order valence-corrected chi connectivity index (χ0v) is 8.84. The van der Waals surface area contributed by atoms with Crippen LogP contribution in [0, 0.1) is 0 Å². The van der Waals surface area contributed by atoms with Crippen molar-refractivity contribution in [1.82, 2.24) is 0 Å². The van der Waals surface area contributed by atoms with Crippen LogP contribution in [0.4, 0.5) is 0 Å². The van der Waals surface area contributed by atoms with Crippen LogP contribution in [0.3, 0.4) is 0 Å². The summed E-state index contributed by atoms with van der Waals surface area (Å²) < 4.78 is 0. The Morgan fingerprint density at radius 1 is 1.20 bits per heavy atom. The van der Waals surface area contributed by atoms with Crippen molar-refractivity contribution in [3.63, 3.8) is 0 Å². The summed E-state index contributed by atoms with van der Waals surface area (Å²) in [5.74, 6) is 0. The molecule has 0 saturated heterocycles. The van der Waals surface area contributed by atoms with Crippen molar-refractivity contribution in [3.05, 3.63) is 0 Å². The van der Waals surface area contributed by atoms with Crippen LogP contribution in [-0.2, 0) is 0 Å². The van der Waals surface area contributed by atoms with Gasteiger partial charge in [0, 0.05) is 0 Å². The van der Waals surface area contributed by atoms with E-state index in [1.165, 1.54) is 25.7 Å². The fourth-order valence-electron chi connectivity index (χ4n) is 1.77. The minimum absolute atomic E-state index is 0.974. The van der Waals surface area contributed by atoms with E-state index in [9.17, 15) is 0 Å². The van der Waals surface area contributed by atoms with Crippen molar-refractivity contribution in [3.8, 4) is 0 Å². The summed E-state index contributed by atoms with van der Waals surface area (Å²) in [4.78, 5) is 0. The number of hydrogen-bond acceptors (Lipinski definition) is 1. The summed E-state index contributed by atoms with van der Waals surface area (Å²) in [6.07, 6.45) is 5.94. The van der Waals surface area contributed by atoms with Gasteiger partial charge in [0.1, 0.15) is 0 Å². The Hall–Kier alpha value is 1.07. The molecule has 3 heteroatoms. The summed E-state index contributed by atoms with van der Waals surface area (Å²) in [6.45, 7) is 1.51. The SMILES string of the molecule is C[PH](SCl)(C1CC1)C1CC1. The Morgan fingerprint density at radius 3 is 1.80 bits per heavy atom. The van der Waals surface area contributed by atoms with Crippen molar-refractivity contribution < 1.29 is 0 Å². The van der Waals surface area contributed by atoms with Crippen LogP contribution in [0.2, 0.25) is 0 Å². The van der Waals surface area contributed by atoms with E-state index in [0.29, 0.717) is 0 Å². The molecule has 0 heterocycles. The molecule has 0 aromatic heterocycles. The Kier molecular flexibility index (Phi) is 1.95. The molecule has 60 valence electrons. The van der Waals surface area contributed by atoms with Crippen LogP contribution in [-0.4, -0.2) is 18.0 Å².